The summed E-state index contributed by atoms with van der Waals surface area (Å²) in [6.45, 7) is 0.330. The molecule has 0 aliphatic heterocycles. The van der Waals surface area contributed by atoms with E-state index in [4.69, 9.17) is 5.73 Å². The number of amides is 2. The van der Waals surface area contributed by atoms with Gasteiger partial charge in [0.25, 0.3) is 6.47 Å². The van der Waals surface area contributed by atoms with Gasteiger partial charge in [-0.1, -0.05) is 0 Å². The highest BCUT2D eigenvalue weighted by molar-refractivity contribution is 5.87. The average Bonchev–Trinajstić information content (AvgIpc) is 2.08. The zero-order valence-electron chi connectivity index (χ0n) is 6.69. The van der Waals surface area contributed by atoms with Crippen molar-refractivity contribution in [2.24, 2.45) is 5.73 Å². The van der Waals surface area contributed by atoms with Crippen LogP contribution in [0, 0.1) is 0 Å². The number of benzene rings is 1. The summed E-state index contributed by atoms with van der Waals surface area (Å²) < 4.78 is 4.54. The first-order chi connectivity index (χ1) is 6.22. The maximum Gasteiger partial charge on any atom is 0.316 e. The Balaban J connectivity index is 2.69. The van der Waals surface area contributed by atoms with Crippen LogP contribution >= 0.6 is 0 Å². The molecule has 3 N–H and O–H groups in total. The minimum Gasteiger partial charge on any atom is -0.429 e. The second-order valence-electron chi connectivity index (χ2n) is 2.23. The first kappa shape index (κ1) is 9.05. The van der Waals surface area contributed by atoms with Crippen LogP contribution in [0.25, 0.3) is 0 Å². The fourth-order valence-corrected chi connectivity index (χ4v) is 0.815. The largest absolute Gasteiger partial charge is 0.429 e. The molecule has 0 aromatic heterocycles. The quantitative estimate of drug-likeness (QED) is 0.672. The molecular formula is C8H8N2O3. The molecule has 0 heterocycles. The Kier molecular flexibility index (Phi) is 2.86. The number of nitrogens with one attached hydrogen (secondary N) is 1. The zero-order chi connectivity index (χ0) is 9.68. The van der Waals surface area contributed by atoms with Crippen LogP contribution in [0.1, 0.15) is 0 Å². The minimum absolute atomic E-state index is 0.330. The van der Waals surface area contributed by atoms with Gasteiger partial charge in [-0.3, -0.25) is 4.79 Å². The van der Waals surface area contributed by atoms with Gasteiger partial charge >= 0.3 is 6.03 Å². The number of carbonyl (C=O) groups is 2. The number of primary amides is 1. The predicted octanol–water partition coefficient (Wildman–Crippen LogP) is 0.712. The van der Waals surface area contributed by atoms with Gasteiger partial charge in [-0.05, 0) is 24.3 Å². The second kappa shape index (κ2) is 4.10. The first-order valence-corrected chi connectivity index (χ1v) is 3.49. The smallest absolute Gasteiger partial charge is 0.316 e. The minimum atomic E-state index is -0.635. The number of carbonyl (C=O) groups excluding carboxylic acids is 2. The van der Waals surface area contributed by atoms with E-state index in [-0.39, 0.29) is 0 Å². The number of hydrogen-bond donors (Lipinski definition) is 2. The summed E-state index contributed by atoms with van der Waals surface area (Å²) in [5, 5.41) is 2.37. The van der Waals surface area contributed by atoms with Crippen molar-refractivity contribution in [3.8, 4) is 5.75 Å². The fraction of sp³-hybridized carbons (Fsp3) is 0. The summed E-state index contributed by atoms with van der Waals surface area (Å²) in [5.74, 6) is 0.407. The molecule has 1 rings (SSSR count). The Morgan fingerprint density at radius 3 is 2.46 bits per heavy atom. The van der Waals surface area contributed by atoms with Gasteiger partial charge in [0.05, 0.1) is 0 Å². The third kappa shape index (κ3) is 2.82. The molecule has 13 heavy (non-hydrogen) atoms. The molecule has 0 saturated carbocycles. The van der Waals surface area contributed by atoms with Crippen molar-refractivity contribution in [3.63, 3.8) is 0 Å². The van der Waals surface area contributed by atoms with Gasteiger partial charge in [-0.25, -0.2) is 4.79 Å². The van der Waals surface area contributed by atoms with Gasteiger partial charge in [0.1, 0.15) is 5.75 Å². The van der Waals surface area contributed by atoms with Crippen molar-refractivity contribution in [2.45, 2.75) is 0 Å². The first-order valence-electron chi connectivity index (χ1n) is 3.49. The Morgan fingerprint density at radius 1 is 1.38 bits per heavy atom. The summed E-state index contributed by atoms with van der Waals surface area (Å²) in [6, 6.07) is 5.59. The van der Waals surface area contributed by atoms with Crippen LogP contribution in [0.3, 0.4) is 0 Å². The van der Waals surface area contributed by atoms with Crippen molar-refractivity contribution in [1.29, 1.82) is 0 Å². The van der Waals surface area contributed by atoms with E-state index in [1.54, 1.807) is 24.3 Å². The number of nitrogens with two attached hydrogens (primary N) is 1. The van der Waals surface area contributed by atoms with Crippen LogP contribution in [0.5, 0.6) is 5.75 Å². The van der Waals surface area contributed by atoms with Crippen molar-refractivity contribution in [1.82, 2.24) is 0 Å². The number of hydrogen-bond acceptors (Lipinski definition) is 3. The van der Waals surface area contributed by atoms with Crippen molar-refractivity contribution < 1.29 is 14.3 Å². The zero-order valence-corrected chi connectivity index (χ0v) is 6.69. The molecule has 2 amide bonds. The summed E-state index contributed by atoms with van der Waals surface area (Å²) in [5.41, 5.74) is 5.43. The van der Waals surface area contributed by atoms with Crippen molar-refractivity contribution in [2.75, 3.05) is 5.32 Å². The highest BCUT2D eigenvalue weighted by atomic mass is 16.5. The molecule has 0 aliphatic rings. The van der Waals surface area contributed by atoms with Crippen molar-refractivity contribution in [3.05, 3.63) is 24.3 Å². The number of urea groups is 1. The van der Waals surface area contributed by atoms with E-state index in [9.17, 15) is 9.59 Å². The average molecular weight is 180 g/mol. The lowest BCUT2D eigenvalue weighted by atomic mass is 10.3. The molecule has 1 aromatic rings. The van der Waals surface area contributed by atoms with Crippen LogP contribution in [-0.2, 0) is 4.79 Å². The second-order valence-corrected chi connectivity index (χ2v) is 2.23. The molecule has 0 spiro atoms. The highest BCUT2D eigenvalue weighted by Gasteiger charge is 1.96. The maximum atomic E-state index is 10.4. The van der Waals surface area contributed by atoms with Crippen LogP contribution < -0.4 is 15.8 Å². The SMILES string of the molecule is NC(=O)Nc1ccc(OC=O)cc1. The van der Waals surface area contributed by atoms with Gasteiger partial charge in [-0.15, -0.1) is 0 Å². The Bertz CT molecular complexity index is 308. The summed E-state index contributed by atoms with van der Waals surface area (Å²) in [6.07, 6.45) is 0. The fourth-order valence-electron chi connectivity index (χ4n) is 0.815. The van der Waals surface area contributed by atoms with Crippen LogP contribution in [0.15, 0.2) is 24.3 Å². The van der Waals surface area contributed by atoms with E-state index in [1.165, 1.54) is 0 Å². The molecule has 0 radical (unpaired) electrons. The lowest BCUT2D eigenvalue weighted by Crippen LogP contribution is -2.19. The Morgan fingerprint density at radius 2 is 2.00 bits per heavy atom. The molecule has 0 atom stereocenters. The predicted molar refractivity (Wildman–Crippen MR) is 46.3 cm³/mol. The molecule has 5 heteroatoms. The molecule has 0 saturated heterocycles. The standard InChI is InChI=1S/C8H8N2O3/c9-8(12)10-6-1-3-7(4-2-6)13-5-11/h1-5H,(H3,9,10,12). The maximum absolute atomic E-state index is 10.4. The van der Waals surface area contributed by atoms with E-state index < -0.39 is 6.03 Å². The molecule has 0 aliphatic carbocycles. The Labute approximate surface area is 74.5 Å². The van der Waals surface area contributed by atoms with Crippen molar-refractivity contribution >= 4 is 18.2 Å². The number of ether oxygens (including phenoxy) is 1. The molecule has 0 unspecified atom stereocenters. The normalized spacial score (nSPS) is 8.92. The summed E-state index contributed by atoms with van der Waals surface area (Å²) in [7, 11) is 0. The molecular weight excluding hydrogens is 172 g/mol. The lowest BCUT2D eigenvalue weighted by Gasteiger charge is -2.01. The lowest BCUT2D eigenvalue weighted by molar-refractivity contribution is -0.120. The van der Waals surface area contributed by atoms with Gasteiger partial charge in [0, 0.05) is 5.69 Å². The van der Waals surface area contributed by atoms with Crippen LogP contribution in [0.4, 0.5) is 10.5 Å². The van der Waals surface area contributed by atoms with Gasteiger partial charge < -0.3 is 15.8 Å². The molecule has 68 valence electrons. The molecule has 0 fully saturated rings. The van der Waals surface area contributed by atoms with Gasteiger partial charge in [-0.2, -0.15) is 0 Å². The third-order valence-electron chi connectivity index (χ3n) is 1.31. The molecule has 0 bridgehead atoms. The third-order valence-corrected chi connectivity index (χ3v) is 1.31. The van der Waals surface area contributed by atoms with Gasteiger partial charge in [0.2, 0.25) is 0 Å². The Hall–Kier alpha value is -2.04. The monoisotopic (exact) mass is 180 g/mol. The summed E-state index contributed by atoms with van der Waals surface area (Å²) in [4.78, 5) is 20.3. The van der Waals surface area contributed by atoms with Crippen LogP contribution in [0.2, 0.25) is 0 Å². The van der Waals surface area contributed by atoms with E-state index in [2.05, 4.69) is 10.1 Å². The molecule has 1 aromatic carbocycles. The van der Waals surface area contributed by atoms with E-state index in [0.29, 0.717) is 17.9 Å². The van der Waals surface area contributed by atoms with E-state index in [1.807, 2.05) is 0 Å². The molecule has 5 nitrogen and oxygen atoms in total. The van der Waals surface area contributed by atoms with Crippen LogP contribution in [-0.4, -0.2) is 12.5 Å². The van der Waals surface area contributed by atoms with Gasteiger partial charge in [0.15, 0.2) is 0 Å². The van der Waals surface area contributed by atoms with E-state index >= 15 is 0 Å². The highest BCUT2D eigenvalue weighted by Crippen LogP contribution is 2.14. The van der Waals surface area contributed by atoms with E-state index in [0.717, 1.165) is 0 Å². The number of anilines is 1. The number of rotatable bonds is 3. The summed E-state index contributed by atoms with van der Waals surface area (Å²) >= 11 is 0. The topological polar surface area (TPSA) is 81.4 Å².